The zero-order valence-electron chi connectivity index (χ0n) is 29.3. The van der Waals surface area contributed by atoms with Gasteiger partial charge in [0.1, 0.15) is 24.5 Å². The van der Waals surface area contributed by atoms with Crippen molar-refractivity contribution in [2.45, 2.75) is 118 Å². The number of hydrogen-bond acceptors (Lipinski definition) is 7. The Hall–Kier alpha value is -3.12. The summed E-state index contributed by atoms with van der Waals surface area (Å²) >= 11 is 1.46. The molecule has 11 nitrogen and oxygen atoms in total. The maximum Gasteiger partial charge on any atom is 0.326 e. The van der Waals surface area contributed by atoms with E-state index in [1.54, 1.807) is 27.7 Å². The Balaban J connectivity index is 5.01. The standard InChI is InChI=1S/C34H58N4O7S/c1-22(2)13-10-14-25(7)15-11-16-26(8)17-12-19-38(45)29(40)21-28(39)36-30(23(3)4)33(42)37-31(24(5)6)32(41)35-27(34(43)44)18-20-46-9/h13,15,17,23-24,27,30-31,45H,10-12,14,16,18-21H2,1-9H3,(H,35,41)(H,36,39)(H,37,42)(H,43,44)/b25-15+,26-17+/t27-,30-,31-/m0/s1. The van der Waals surface area contributed by atoms with Gasteiger partial charge in [-0.15, -0.1) is 0 Å². The first kappa shape index (κ1) is 42.9. The molecule has 0 rings (SSSR count). The molecule has 0 heterocycles. The highest BCUT2D eigenvalue weighted by atomic mass is 32.2. The van der Waals surface area contributed by atoms with E-state index in [0.717, 1.165) is 31.3 Å². The van der Waals surface area contributed by atoms with Crippen LogP contribution in [0, 0.1) is 11.8 Å². The van der Waals surface area contributed by atoms with Gasteiger partial charge < -0.3 is 21.1 Å². The van der Waals surface area contributed by atoms with Crippen LogP contribution in [0.5, 0.6) is 0 Å². The second kappa shape index (κ2) is 23.2. The van der Waals surface area contributed by atoms with Crippen LogP contribution in [-0.2, 0) is 24.0 Å². The number of nitrogens with one attached hydrogen (secondary N) is 3. The van der Waals surface area contributed by atoms with Crippen molar-refractivity contribution in [2.75, 3.05) is 18.6 Å². The molecule has 4 amide bonds. The van der Waals surface area contributed by atoms with Gasteiger partial charge in [0, 0.05) is 0 Å². The van der Waals surface area contributed by atoms with Gasteiger partial charge in [-0.2, -0.15) is 11.8 Å². The van der Waals surface area contributed by atoms with E-state index in [4.69, 9.17) is 0 Å². The van der Waals surface area contributed by atoms with Gasteiger partial charge >= 0.3 is 5.97 Å². The molecule has 0 radical (unpaired) electrons. The molecule has 0 saturated heterocycles. The summed E-state index contributed by atoms with van der Waals surface area (Å²) in [6.45, 7) is 15.2. The van der Waals surface area contributed by atoms with Crippen molar-refractivity contribution in [3.05, 3.63) is 34.9 Å². The Morgan fingerprint density at radius 2 is 1.26 bits per heavy atom. The number of allylic oxidation sites excluding steroid dienone is 5. The third-order valence-corrected chi connectivity index (χ3v) is 7.94. The van der Waals surface area contributed by atoms with E-state index < -0.39 is 60.1 Å². The molecule has 0 unspecified atom stereocenters. The van der Waals surface area contributed by atoms with Crippen LogP contribution in [0.2, 0.25) is 0 Å². The summed E-state index contributed by atoms with van der Waals surface area (Å²) in [5.74, 6) is -4.21. The minimum atomic E-state index is -1.17. The summed E-state index contributed by atoms with van der Waals surface area (Å²) < 4.78 is 0. The van der Waals surface area contributed by atoms with E-state index in [-0.39, 0.29) is 18.9 Å². The summed E-state index contributed by atoms with van der Waals surface area (Å²) in [4.78, 5) is 62.8. The minimum Gasteiger partial charge on any atom is -0.480 e. The Labute approximate surface area is 280 Å². The lowest BCUT2D eigenvalue weighted by Gasteiger charge is -2.28. The van der Waals surface area contributed by atoms with Crippen molar-refractivity contribution in [3.8, 4) is 0 Å². The van der Waals surface area contributed by atoms with Crippen molar-refractivity contribution in [3.63, 3.8) is 0 Å². The number of carboxylic acids is 1. The molecule has 5 N–H and O–H groups in total. The van der Waals surface area contributed by atoms with Crippen molar-refractivity contribution >= 4 is 41.4 Å². The van der Waals surface area contributed by atoms with Crippen LogP contribution in [0.15, 0.2) is 34.9 Å². The highest BCUT2D eigenvalue weighted by Crippen LogP contribution is 2.13. The van der Waals surface area contributed by atoms with E-state index >= 15 is 0 Å². The molecule has 0 spiro atoms. The lowest BCUT2D eigenvalue weighted by Crippen LogP contribution is -2.58. The van der Waals surface area contributed by atoms with Gasteiger partial charge in [-0.1, -0.05) is 62.6 Å². The summed E-state index contributed by atoms with van der Waals surface area (Å²) in [6.07, 6.45) is 12.1. The number of hydrogen-bond donors (Lipinski definition) is 5. The number of rotatable bonds is 22. The van der Waals surface area contributed by atoms with Gasteiger partial charge in [0.15, 0.2) is 0 Å². The second-order valence-corrected chi connectivity index (χ2v) is 13.6. The third-order valence-electron chi connectivity index (χ3n) is 7.29. The SMILES string of the molecule is CSCC[C@H](NC(=O)[C@@H](NC(=O)[C@@H](NC(=O)CC(=O)N(O)CC/C=C(\C)CC/C=C(\C)CCC=C(C)C)C(C)C)C(C)C)C(=O)O. The zero-order chi connectivity index (χ0) is 35.4. The summed E-state index contributed by atoms with van der Waals surface area (Å²) in [5, 5.41) is 27.8. The molecule has 0 aromatic heterocycles. The highest BCUT2D eigenvalue weighted by Gasteiger charge is 2.32. The lowest BCUT2D eigenvalue weighted by atomic mass is 9.99. The van der Waals surface area contributed by atoms with E-state index in [9.17, 15) is 34.3 Å². The first-order valence-corrected chi connectivity index (χ1v) is 17.4. The third kappa shape index (κ3) is 18.8. The topological polar surface area (TPSA) is 165 Å². The van der Waals surface area contributed by atoms with Crippen molar-refractivity contribution < 1.29 is 34.3 Å². The molecule has 12 heteroatoms. The van der Waals surface area contributed by atoms with Gasteiger partial charge in [0.25, 0.3) is 5.91 Å². The minimum absolute atomic E-state index is 0.0224. The number of carbonyl (C=O) groups is 5. The normalized spacial score (nSPS) is 13.9. The molecule has 46 heavy (non-hydrogen) atoms. The maximum atomic E-state index is 13.2. The smallest absolute Gasteiger partial charge is 0.326 e. The highest BCUT2D eigenvalue weighted by molar-refractivity contribution is 7.98. The van der Waals surface area contributed by atoms with Crippen LogP contribution in [0.3, 0.4) is 0 Å². The molecule has 0 aromatic carbocycles. The van der Waals surface area contributed by atoms with Crippen LogP contribution < -0.4 is 16.0 Å². The summed E-state index contributed by atoms with van der Waals surface area (Å²) in [6, 6.07) is -3.20. The Kier molecular flexibility index (Phi) is 21.7. The molecule has 0 aliphatic rings. The molecular formula is C34H58N4O7S. The number of aliphatic carboxylic acids is 1. The first-order valence-electron chi connectivity index (χ1n) is 16.1. The molecule has 0 fully saturated rings. The average Bonchev–Trinajstić information content (AvgIpc) is 2.95. The number of thioether (sulfide) groups is 1. The largest absolute Gasteiger partial charge is 0.480 e. The Bertz CT molecular complexity index is 1100. The maximum absolute atomic E-state index is 13.2. The quantitative estimate of drug-likeness (QED) is 0.0466. The van der Waals surface area contributed by atoms with E-state index in [0.29, 0.717) is 17.2 Å². The molecule has 0 saturated carbocycles. The van der Waals surface area contributed by atoms with Crippen LogP contribution in [-0.4, -0.2) is 81.7 Å². The number of nitrogens with zero attached hydrogens (tertiary/aromatic N) is 1. The van der Waals surface area contributed by atoms with Gasteiger partial charge in [-0.25, -0.2) is 9.86 Å². The van der Waals surface area contributed by atoms with Crippen LogP contribution >= 0.6 is 11.8 Å². The Morgan fingerprint density at radius 1 is 0.761 bits per heavy atom. The van der Waals surface area contributed by atoms with Crippen molar-refractivity contribution in [2.24, 2.45) is 11.8 Å². The average molecular weight is 667 g/mol. The van der Waals surface area contributed by atoms with Crippen LogP contribution in [0.4, 0.5) is 0 Å². The Morgan fingerprint density at radius 3 is 1.76 bits per heavy atom. The lowest BCUT2D eigenvalue weighted by molar-refractivity contribution is -0.166. The number of hydroxylamine groups is 2. The van der Waals surface area contributed by atoms with E-state index in [1.165, 1.54) is 22.9 Å². The second-order valence-electron chi connectivity index (χ2n) is 12.6. The molecule has 0 bridgehead atoms. The zero-order valence-corrected chi connectivity index (χ0v) is 30.1. The van der Waals surface area contributed by atoms with Gasteiger partial charge in [-0.3, -0.25) is 24.4 Å². The van der Waals surface area contributed by atoms with Crippen molar-refractivity contribution in [1.82, 2.24) is 21.0 Å². The molecule has 262 valence electrons. The number of carboxylic acid groups (broad SMARTS) is 1. The number of carbonyl (C=O) groups excluding carboxylic acids is 4. The fourth-order valence-corrected chi connectivity index (χ4v) is 4.89. The molecule has 0 aliphatic heterocycles. The molecule has 0 aliphatic carbocycles. The van der Waals surface area contributed by atoms with Gasteiger partial charge in [0.2, 0.25) is 17.7 Å². The molecule has 3 atom stereocenters. The number of amides is 4. The molecular weight excluding hydrogens is 608 g/mol. The fourth-order valence-electron chi connectivity index (χ4n) is 4.42. The summed E-state index contributed by atoms with van der Waals surface area (Å²) in [7, 11) is 0. The van der Waals surface area contributed by atoms with E-state index in [1.807, 2.05) is 19.3 Å². The monoisotopic (exact) mass is 666 g/mol. The van der Waals surface area contributed by atoms with E-state index in [2.05, 4.69) is 48.9 Å². The first-order chi connectivity index (χ1) is 21.5. The predicted molar refractivity (Wildman–Crippen MR) is 184 cm³/mol. The van der Waals surface area contributed by atoms with Crippen LogP contribution in [0.25, 0.3) is 0 Å². The molecule has 0 aromatic rings. The van der Waals surface area contributed by atoms with Gasteiger partial charge in [-0.05, 0) is 90.1 Å². The fraction of sp³-hybridized carbons (Fsp3) is 0.676. The summed E-state index contributed by atoms with van der Waals surface area (Å²) in [5.41, 5.74) is 3.81. The van der Waals surface area contributed by atoms with Crippen molar-refractivity contribution in [1.29, 1.82) is 0 Å². The van der Waals surface area contributed by atoms with Crippen LogP contribution in [0.1, 0.15) is 100 Å². The predicted octanol–water partition coefficient (Wildman–Crippen LogP) is 5.01. The van der Waals surface area contributed by atoms with Gasteiger partial charge in [0.05, 0.1) is 6.54 Å².